The molecule has 0 heterocycles. The van der Waals surface area contributed by atoms with Gasteiger partial charge in [-0.2, -0.15) is 0 Å². The third-order valence-corrected chi connectivity index (χ3v) is 2.78. The Labute approximate surface area is 108 Å². The Balaban J connectivity index is 2.80. The Hall–Kier alpha value is -1.75. The highest BCUT2D eigenvalue weighted by Crippen LogP contribution is 2.21. The van der Waals surface area contributed by atoms with Crippen LogP contribution < -0.4 is 15.4 Å². The summed E-state index contributed by atoms with van der Waals surface area (Å²) in [6.07, 6.45) is 0. The number of nitrogens with one attached hydrogen (secondary N) is 2. The SMILES string of the molecule is CNC(=O)NCC(c1cccc(OC)c1)N(C)C. The Kier molecular flexibility index (Phi) is 5.45. The van der Waals surface area contributed by atoms with Gasteiger partial charge in [0.05, 0.1) is 13.2 Å². The highest BCUT2D eigenvalue weighted by Gasteiger charge is 2.15. The summed E-state index contributed by atoms with van der Waals surface area (Å²) in [7, 11) is 7.21. The second kappa shape index (κ2) is 6.86. The van der Waals surface area contributed by atoms with Crippen molar-refractivity contribution in [2.45, 2.75) is 6.04 Å². The summed E-state index contributed by atoms with van der Waals surface area (Å²) in [4.78, 5) is 13.3. The van der Waals surface area contributed by atoms with Crippen LogP contribution in [-0.4, -0.2) is 45.7 Å². The van der Waals surface area contributed by atoms with Crippen molar-refractivity contribution in [3.8, 4) is 5.75 Å². The summed E-state index contributed by atoms with van der Waals surface area (Å²) < 4.78 is 5.21. The van der Waals surface area contributed by atoms with Gasteiger partial charge >= 0.3 is 6.03 Å². The standard InChI is InChI=1S/C13H21N3O2/c1-14-13(17)15-9-12(16(2)3)10-6-5-7-11(8-10)18-4/h5-8,12H,9H2,1-4H3,(H2,14,15,17). The molecule has 2 N–H and O–H groups in total. The van der Waals surface area contributed by atoms with E-state index in [1.54, 1.807) is 14.2 Å². The fraction of sp³-hybridized carbons (Fsp3) is 0.462. The van der Waals surface area contributed by atoms with Crippen LogP contribution in [0, 0.1) is 0 Å². The quantitative estimate of drug-likeness (QED) is 0.827. The van der Waals surface area contributed by atoms with E-state index in [1.165, 1.54) is 0 Å². The topological polar surface area (TPSA) is 53.6 Å². The van der Waals surface area contributed by atoms with Gasteiger partial charge < -0.3 is 20.3 Å². The molecule has 0 radical (unpaired) electrons. The molecule has 0 fully saturated rings. The zero-order chi connectivity index (χ0) is 13.5. The zero-order valence-electron chi connectivity index (χ0n) is 11.4. The largest absolute Gasteiger partial charge is 0.497 e. The van der Waals surface area contributed by atoms with E-state index >= 15 is 0 Å². The highest BCUT2D eigenvalue weighted by molar-refractivity contribution is 5.73. The van der Waals surface area contributed by atoms with Gasteiger partial charge in [0.2, 0.25) is 0 Å². The molecule has 0 aliphatic heterocycles. The van der Waals surface area contributed by atoms with E-state index in [0.717, 1.165) is 11.3 Å². The number of hydrogen-bond donors (Lipinski definition) is 2. The maximum absolute atomic E-state index is 11.2. The lowest BCUT2D eigenvalue weighted by Gasteiger charge is -2.25. The molecular weight excluding hydrogens is 230 g/mol. The Bertz CT molecular complexity index is 394. The number of carbonyl (C=O) groups is 1. The van der Waals surface area contributed by atoms with Gasteiger partial charge in [-0.25, -0.2) is 4.79 Å². The monoisotopic (exact) mass is 251 g/mol. The van der Waals surface area contributed by atoms with Crippen molar-refractivity contribution < 1.29 is 9.53 Å². The lowest BCUT2D eigenvalue weighted by atomic mass is 10.1. The number of methoxy groups -OCH3 is 1. The molecular formula is C13H21N3O2. The van der Waals surface area contributed by atoms with Crippen molar-refractivity contribution in [1.82, 2.24) is 15.5 Å². The third-order valence-electron chi connectivity index (χ3n) is 2.78. The number of carbonyl (C=O) groups excluding carboxylic acids is 1. The van der Waals surface area contributed by atoms with Gasteiger partial charge in [0.1, 0.15) is 5.75 Å². The van der Waals surface area contributed by atoms with Crippen molar-refractivity contribution in [3.63, 3.8) is 0 Å². The summed E-state index contributed by atoms with van der Waals surface area (Å²) >= 11 is 0. The molecule has 1 rings (SSSR count). The van der Waals surface area contributed by atoms with Gasteiger partial charge in [-0.15, -0.1) is 0 Å². The molecule has 1 unspecified atom stereocenters. The summed E-state index contributed by atoms with van der Waals surface area (Å²) in [5.41, 5.74) is 1.11. The molecule has 1 atom stereocenters. The van der Waals surface area contributed by atoms with Gasteiger partial charge in [0, 0.05) is 13.6 Å². The second-order valence-corrected chi connectivity index (χ2v) is 4.22. The molecule has 1 aromatic rings. The van der Waals surface area contributed by atoms with E-state index in [9.17, 15) is 4.79 Å². The zero-order valence-corrected chi connectivity index (χ0v) is 11.4. The van der Waals surface area contributed by atoms with E-state index < -0.39 is 0 Å². The van der Waals surface area contributed by atoms with Crippen LogP contribution in [-0.2, 0) is 0 Å². The fourth-order valence-corrected chi connectivity index (χ4v) is 1.73. The van der Waals surface area contributed by atoms with Crippen molar-refractivity contribution in [3.05, 3.63) is 29.8 Å². The molecule has 100 valence electrons. The first-order valence-electron chi connectivity index (χ1n) is 5.84. The summed E-state index contributed by atoms with van der Waals surface area (Å²) in [6.45, 7) is 0.542. The molecule has 0 bridgehead atoms. The first-order valence-corrected chi connectivity index (χ1v) is 5.84. The molecule has 0 aromatic heterocycles. The van der Waals surface area contributed by atoms with Crippen LogP contribution in [0.3, 0.4) is 0 Å². The number of amides is 2. The number of urea groups is 1. The molecule has 0 spiro atoms. The predicted octanol–water partition coefficient (Wildman–Crippen LogP) is 1.23. The first-order chi connectivity index (χ1) is 8.58. The van der Waals surface area contributed by atoms with Gasteiger partial charge in [-0.05, 0) is 31.8 Å². The Morgan fingerprint density at radius 1 is 1.44 bits per heavy atom. The smallest absolute Gasteiger partial charge is 0.314 e. The Morgan fingerprint density at radius 2 is 2.17 bits per heavy atom. The molecule has 18 heavy (non-hydrogen) atoms. The van der Waals surface area contributed by atoms with Crippen LogP contribution in [0.5, 0.6) is 5.75 Å². The minimum atomic E-state index is -0.176. The molecule has 0 aliphatic carbocycles. The van der Waals surface area contributed by atoms with Gasteiger partial charge in [0.25, 0.3) is 0 Å². The molecule has 1 aromatic carbocycles. The van der Waals surface area contributed by atoms with Gasteiger partial charge in [-0.1, -0.05) is 12.1 Å². The molecule has 5 heteroatoms. The van der Waals surface area contributed by atoms with Gasteiger partial charge in [-0.3, -0.25) is 0 Å². The molecule has 0 saturated carbocycles. The normalized spacial score (nSPS) is 12.1. The number of likely N-dealkylation sites (N-methyl/N-ethyl adjacent to an activating group) is 1. The number of rotatable bonds is 5. The fourth-order valence-electron chi connectivity index (χ4n) is 1.73. The number of benzene rings is 1. The van der Waals surface area contributed by atoms with E-state index in [4.69, 9.17) is 4.74 Å². The molecule has 5 nitrogen and oxygen atoms in total. The minimum Gasteiger partial charge on any atom is -0.497 e. The maximum atomic E-state index is 11.2. The highest BCUT2D eigenvalue weighted by atomic mass is 16.5. The lowest BCUT2D eigenvalue weighted by molar-refractivity contribution is 0.234. The first kappa shape index (κ1) is 14.3. The van der Waals surface area contributed by atoms with E-state index in [1.807, 2.05) is 38.4 Å². The second-order valence-electron chi connectivity index (χ2n) is 4.22. The predicted molar refractivity (Wildman–Crippen MR) is 71.9 cm³/mol. The van der Waals surface area contributed by atoms with Gasteiger partial charge in [0.15, 0.2) is 0 Å². The summed E-state index contributed by atoms with van der Waals surface area (Å²) in [6, 6.07) is 7.80. The molecule has 2 amide bonds. The Morgan fingerprint density at radius 3 is 2.72 bits per heavy atom. The number of hydrogen-bond acceptors (Lipinski definition) is 3. The van der Waals surface area contributed by atoms with Crippen molar-refractivity contribution in [1.29, 1.82) is 0 Å². The molecule has 0 saturated heterocycles. The van der Waals surface area contributed by atoms with Crippen LogP contribution >= 0.6 is 0 Å². The van der Waals surface area contributed by atoms with Crippen LogP contribution in [0.2, 0.25) is 0 Å². The lowest BCUT2D eigenvalue weighted by Crippen LogP contribution is -2.39. The maximum Gasteiger partial charge on any atom is 0.314 e. The van der Waals surface area contributed by atoms with Crippen LogP contribution in [0.25, 0.3) is 0 Å². The minimum absolute atomic E-state index is 0.109. The third kappa shape index (κ3) is 3.92. The number of ether oxygens (including phenoxy) is 1. The van der Waals surface area contributed by atoms with Crippen molar-refractivity contribution in [2.24, 2.45) is 0 Å². The van der Waals surface area contributed by atoms with Crippen LogP contribution in [0.1, 0.15) is 11.6 Å². The summed E-state index contributed by atoms with van der Waals surface area (Å²) in [5.74, 6) is 0.819. The average Bonchev–Trinajstić information content (AvgIpc) is 2.38. The summed E-state index contributed by atoms with van der Waals surface area (Å²) in [5, 5.41) is 5.36. The van der Waals surface area contributed by atoms with E-state index in [2.05, 4.69) is 15.5 Å². The van der Waals surface area contributed by atoms with Crippen molar-refractivity contribution >= 4 is 6.03 Å². The molecule has 0 aliphatic rings. The van der Waals surface area contributed by atoms with Crippen LogP contribution in [0.4, 0.5) is 4.79 Å². The van der Waals surface area contributed by atoms with Crippen molar-refractivity contribution in [2.75, 3.05) is 34.8 Å². The van der Waals surface area contributed by atoms with E-state index in [-0.39, 0.29) is 12.1 Å². The number of nitrogens with zero attached hydrogens (tertiary/aromatic N) is 1. The van der Waals surface area contributed by atoms with Crippen LogP contribution in [0.15, 0.2) is 24.3 Å². The average molecular weight is 251 g/mol. The van der Waals surface area contributed by atoms with E-state index in [0.29, 0.717) is 6.54 Å².